The molecular weight excluding hydrogens is 834 g/mol. The van der Waals surface area contributed by atoms with Gasteiger partial charge in [0, 0.05) is 26.0 Å². The molecule has 2 unspecified atom stereocenters. The highest BCUT2D eigenvalue weighted by atomic mass is 19.4. The number of hydrogen-bond acceptors (Lipinski definition) is 8. The van der Waals surface area contributed by atoms with E-state index in [1.54, 1.807) is 0 Å². The maximum Gasteiger partial charge on any atom is 0.460 e. The molecule has 0 aromatic rings. The molecule has 54 heavy (non-hydrogen) atoms. The number of ether oxygens (including phenoxy) is 4. The summed E-state index contributed by atoms with van der Waals surface area (Å²) in [5.41, 5.74) is 0. The van der Waals surface area contributed by atoms with Crippen LogP contribution in [0.4, 0.5) is 96.6 Å². The second kappa shape index (κ2) is 16.0. The Morgan fingerprint density at radius 1 is 0.426 bits per heavy atom. The van der Waals surface area contributed by atoms with Gasteiger partial charge in [-0.2, -0.15) is 96.6 Å². The van der Waals surface area contributed by atoms with Gasteiger partial charge in [0.1, 0.15) is 25.4 Å². The van der Waals surface area contributed by atoms with Gasteiger partial charge in [0.05, 0.1) is 12.8 Å². The van der Waals surface area contributed by atoms with Crippen LogP contribution in [0.5, 0.6) is 0 Å². The molecule has 0 aliphatic heterocycles. The third kappa shape index (κ3) is 10.4. The van der Waals surface area contributed by atoms with Crippen molar-refractivity contribution in [2.45, 2.75) is 98.6 Å². The fraction of sp³-hybridized carbons (Fsp3) is 0.750. The van der Waals surface area contributed by atoms with E-state index in [-0.39, 0.29) is 26.0 Å². The lowest BCUT2D eigenvalue weighted by molar-refractivity contribution is -0.423. The van der Waals surface area contributed by atoms with Gasteiger partial charge in [-0.15, -0.1) is 0 Å². The monoisotopic (exact) mass is 852 g/mol. The fourth-order valence-corrected chi connectivity index (χ4v) is 3.36. The minimum Gasteiger partial charge on any atom is -0.459 e. The Morgan fingerprint density at radius 3 is 0.870 bits per heavy atom. The summed E-state index contributed by atoms with van der Waals surface area (Å²) in [4.78, 5) is 45.6. The Kier molecular flexibility index (Phi) is 14.9. The van der Waals surface area contributed by atoms with Crippen molar-refractivity contribution < 1.29 is 135 Å². The van der Waals surface area contributed by atoms with Crippen LogP contribution < -0.4 is 0 Å². The van der Waals surface area contributed by atoms with Crippen LogP contribution in [0.2, 0.25) is 0 Å². The van der Waals surface area contributed by atoms with E-state index < -0.39 is 122 Å². The summed E-state index contributed by atoms with van der Waals surface area (Å²) in [6.45, 7) is -3.37. The summed E-state index contributed by atoms with van der Waals surface area (Å²) in [7, 11) is 0. The molecule has 0 aliphatic carbocycles. The van der Waals surface area contributed by atoms with E-state index in [0.717, 1.165) is 0 Å². The van der Waals surface area contributed by atoms with E-state index in [0.29, 0.717) is 0 Å². The first-order valence-electron chi connectivity index (χ1n) is 13.1. The second-order valence-electron chi connectivity index (χ2n) is 10.3. The molecule has 2 atom stereocenters. The van der Waals surface area contributed by atoms with Crippen molar-refractivity contribution >= 4 is 23.9 Å². The number of carbonyl (C=O) groups is 4. The Morgan fingerprint density at radius 2 is 0.667 bits per heavy atom. The van der Waals surface area contributed by atoms with Gasteiger partial charge < -0.3 is 18.9 Å². The second-order valence-corrected chi connectivity index (χ2v) is 10.3. The molecule has 0 saturated heterocycles. The molecule has 0 aliphatic rings. The van der Waals surface area contributed by atoms with E-state index in [2.05, 4.69) is 18.9 Å². The summed E-state index contributed by atoms with van der Waals surface area (Å²) in [6, 6.07) is 0. The van der Waals surface area contributed by atoms with Crippen molar-refractivity contribution in [3.05, 3.63) is 12.2 Å². The van der Waals surface area contributed by atoms with E-state index >= 15 is 0 Å². The molecule has 0 aromatic heterocycles. The number of halogens is 22. The predicted molar refractivity (Wildman–Crippen MR) is 123 cm³/mol. The molecule has 0 bridgehead atoms. The Hall–Kier alpha value is -3.92. The molecule has 0 heterocycles. The van der Waals surface area contributed by atoms with Crippen LogP contribution in [0.25, 0.3) is 0 Å². The average molecular weight is 852 g/mol. The molecule has 0 spiro atoms. The largest absolute Gasteiger partial charge is 0.460 e. The van der Waals surface area contributed by atoms with E-state index in [1.165, 1.54) is 0 Å². The third-order valence-electron chi connectivity index (χ3n) is 6.02. The molecule has 0 rings (SSSR count). The highest BCUT2D eigenvalue weighted by Gasteiger charge is 2.88. The molecule has 0 fully saturated rings. The molecule has 0 N–H and O–H groups in total. The van der Waals surface area contributed by atoms with E-state index in [9.17, 15) is 116 Å². The molecule has 8 nitrogen and oxygen atoms in total. The quantitative estimate of drug-likeness (QED) is 0.0606. The topological polar surface area (TPSA) is 105 Å². The van der Waals surface area contributed by atoms with Gasteiger partial charge in [0.25, 0.3) is 0 Å². The van der Waals surface area contributed by atoms with Gasteiger partial charge in [-0.1, -0.05) is 0 Å². The zero-order chi connectivity index (χ0) is 43.5. The SMILES string of the molecule is CC(=O)OC(COC(=O)/C=C\C(=O)OCC(CC(F)(F)C(F)(F)C(F)(F)C(F)(F)C(F)(F)F)OC(C)=O)CC(F)(F)C(F)(F)C(F)(F)C(F)(F)C(F)(F)F. The van der Waals surface area contributed by atoms with Crippen molar-refractivity contribution in [2.24, 2.45) is 0 Å². The van der Waals surface area contributed by atoms with Crippen LogP contribution in [-0.2, 0) is 38.1 Å². The Bertz CT molecular complexity index is 1280. The van der Waals surface area contributed by atoms with Crippen LogP contribution in [-0.4, -0.2) is 109 Å². The Labute approximate surface area is 283 Å². The number of rotatable bonds is 18. The average Bonchev–Trinajstić information content (AvgIpc) is 2.94. The van der Waals surface area contributed by atoms with Gasteiger partial charge >= 0.3 is 83.6 Å². The number of hydrogen-bond donors (Lipinski definition) is 0. The summed E-state index contributed by atoms with van der Waals surface area (Å²) in [5.74, 6) is -67.5. The van der Waals surface area contributed by atoms with Crippen molar-refractivity contribution in [1.29, 1.82) is 0 Å². The van der Waals surface area contributed by atoms with Crippen molar-refractivity contribution in [1.82, 2.24) is 0 Å². The van der Waals surface area contributed by atoms with Crippen molar-refractivity contribution in [2.75, 3.05) is 13.2 Å². The lowest BCUT2D eigenvalue weighted by Gasteiger charge is -2.38. The van der Waals surface area contributed by atoms with Gasteiger partial charge in [-0.3, -0.25) is 9.59 Å². The van der Waals surface area contributed by atoms with Gasteiger partial charge in [-0.05, 0) is 0 Å². The minimum atomic E-state index is -7.87. The molecule has 0 saturated carbocycles. The number of esters is 4. The maximum absolute atomic E-state index is 14.1. The smallest absolute Gasteiger partial charge is 0.459 e. The van der Waals surface area contributed by atoms with Crippen LogP contribution in [0.15, 0.2) is 12.2 Å². The number of alkyl halides is 22. The molecule has 30 heteroatoms. The first kappa shape index (κ1) is 50.1. The molecule has 0 aromatic carbocycles. The molecule has 0 radical (unpaired) electrons. The Balaban J connectivity index is 5.88. The van der Waals surface area contributed by atoms with Crippen LogP contribution >= 0.6 is 0 Å². The summed E-state index contributed by atoms with van der Waals surface area (Å²) in [5, 5.41) is 0. The third-order valence-corrected chi connectivity index (χ3v) is 6.02. The van der Waals surface area contributed by atoms with E-state index in [4.69, 9.17) is 0 Å². The van der Waals surface area contributed by atoms with Gasteiger partial charge in [-0.25, -0.2) is 9.59 Å². The van der Waals surface area contributed by atoms with Crippen LogP contribution in [0.1, 0.15) is 26.7 Å². The van der Waals surface area contributed by atoms with Crippen LogP contribution in [0.3, 0.4) is 0 Å². The highest BCUT2D eigenvalue weighted by molar-refractivity contribution is 5.91. The summed E-state index contributed by atoms with van der Waals surface area (Å²) in [6.07, 6.45) is -27.8. The van der Waals surface area contributed by atoms with Crippen molar-refractivity contribution in [3.8, 4) is 0 Å². The van der Waals surface area contributed by atoms with Crippen molar-refractivity contribution in [3.63, 3.8) is 0 Å². The zero-order valence-corrected chi connectivity index (χ0v) is 25.7. The first-order valence-corrected chi connectivity index (χ1v) is 13.1. The summed E-state index contributed by atoms with van der Waals surface area (Å²) >= 11 is 0. The molecule has 0 amide bonds. The normalized spacial score (nSPS) is 15.8. The first-order chi connectivity index (χ1) is 23.6. The lowest BCUT2D eigenvalue weighted by Crippen LogP contribution is -2.66. The number of carbonyl (C=O) groups excluding carboxylic acids is 4. The zero-order valence-electron chi connectivity index (χ0n) is 25.7. The maximum atomic E-state index is 14.1. The summed E-state index contributed by atoms with van der Waals surface area (Å²) < 4.78 is 307. The molecule has 316 valence electrons. The fourth-order valence-electron chi connectivity index (χ4n) is 3.36. The van der Waals surface area contributed by atoms with Gasteiger partial charge in [0.2, 0.25) is 0 Å². The van der Waals surface area contributed by atoms with Crippen LogP contribution in [0, 0.1) is 0 Å². The molecular formula is C24H18F22O8. The minimum absolute atomic E-state index is 0.235. The highest BCUT2D eigenvalue weighted by Crippen LogP contribution is 2.59. The predicted octanol–water partition coefficient (Wildman–Crippen LogP) is 7.48. The van der Waals surface area contributed by atoms with Gasteiger partial charge in [0.15, 0.2) is 0 Å². The standard InChI is InChI=1S/C24H18F22O8/c1-9(47)53-11(5-15(25,26)17(29,30)19(33,34)21(37,38)23(41,42)43)7-51-13(49)3-4-14(50)52-8-12(54-10(2)48)6-16(27,28)18(31,32)20(35,36)22(39,40)24(44,45)46/h3-4,11-12H,5-8H2,1-2H3/b4-3-. The van der Waals surface area contributed by atoms with E-state index in [1.807, 2.05) is 0 Å². The lowest BCUT2D eigenvalue weighted by atomic mass is 9.94.